The van der Waals surface area contributed by atoms with Gasteiger partial charge in [-0.2, -0.15) is 0 Å². The number of tetrazole rings is 1. The van der Waals surface area contributed by atoms with Gasteiger partial charge >= 0.3 is 0 Å². The topological polar surface area (TPSA) is 50.1 Å². The van der Waals surface area contributed by atoms with Gasteiger partial charge in [-0.05, 0) is 43.5 Å². The van der Waals surface area contributed by atoms with E-state index in [1.54, 1.807) is 0 Å². The van der Waals surface area contributed by atoms with Crippen molar-refractivity contribution >= 4 is 0 Å². The Morgan fingerprint density at radius 2 is 1.83 bits per heavy atom. The van der Waals surface area contributed by atoms with E-state index in [9.17, 15) is 0 Å². The van der Waals surface area contributed by atoms with Crippen LogP contribution < -0.4 is 0 Å². The van der Waals surface area contributed by atoms with Crippen LogP contribution in [0.5, 0.6) is 0 Å². The maximum Gasteiger partial charge on any atom is 0.168 e. The summed E-state index contributed by atoms with van der Waals surface area (Å²) in [6, 6.07) is 0.287. The number of rotatable bonds is 6. The highest BCUT2D eigenvalue weighted by Crippen LogP contribution is 2.29. The maximum atomic E-state index is 4.40. The molecule has 1 aromatic heterocycles. The van der Waals surface area contributed by atoms with Crippen LogP contribution >= 0.6 is 0 Å². The van der Waals surface area contributed by atoms with Crippen LogP contribution in [0.3, 0.4) is 0 Å². The molecular weight excluding hydrogens is 288 g/mol. The first-order chi connectivity index (χ1) is 10.8. The molecule has 0 aliphatic carbocycles. The maximum absolute atomic E-state index is 4.40. The van der Waals surface area contributed by atoms with Crippen LogP contribution in [0.4, 0.5) is 0 Å². The Labute approximate surface area is 140 Å². The Balaban J connectivity index is 2.19. The van der Waals surface area contributed by atoms with E-state index < -0.39 is 0 Å². The molecule has 0 saturated carbocycles. The molecule has 0 spiro atoms. The zero-order valence-electron chi connectivity index (χ0n) is 15.4. The molecule has 0 amide bonds. The van der Waals surface area contributed by atoms with Crippen molar-refractivity contribution in [2.75, 3.05) is 32.7 Å². The van der Waals surface area contributed by atoms with Crippen molar-refractivity contribution in [3.05, 3.63) is 18.5 Å². The van der Waals surface area contributed by atoms with E-state index in [1.807, 2.05) is 10.8 Å². The van der Waals surface area contributed by atoms with Gasteiger partial charge in [0.2, 0.25) is 0 Å². The average Bonchev–Trinajstić information content (AvgIpc) is 2.95. The molecule has 0 bridgehead atoms. The van der Waals surface area contributed by atoms with E-state index in [2.05, 4.69) is 66.5 Å². The van der Waals surface area contributed by atoms with Crippen LogP contribution in [-0.4, -0.2) is 62.7 Å². The molecule has 6 heteroatoms. The van der Waals surface area contributed by atoms with Crippen LogP contribution in [0.2, 0.25) is 0 Å². The lowest BCUT2D eigenvalue weighted by molar-refractivity contribution is 0.0836. The third-order valence-electron chi connectivity index (χ3n) is 4.36. The Kier molecular flexibility index (Phi) is 5.92. The van der Waals surface area contributed by atoms with Crippen LogP contribution in [-0.2, 0) is 5.54 Å². The summed E-state index contributed by atoms with van der Waals surface area (Å²) in [7, 11) is 0. The fourth-order valence-electron chi connectivity index (χ4n) is 3.18. The molecule has 1 atom stereocenters. The van der Waals surface area contributed by atoms with E-state index in [-0.39, 0.29) is 11.6 Å². The smallest absolute Gasteiger partial charge is 0.168 e. The molecule has 0 N–H and O–H groups in total. The lowest BCUT2D eigenvalue weighted by atomic mass is 9.99. The fraction of sp³-hybridized carbons (Fsp3) is 0.824. The van der Waals surface area contributed by atoms with Gasteiger partial charge in [-0.1, -0.05) is 19.9 Å². The predicted octanol–water partition coefficient (Wildman–Crippen LogP) is 2.32. The summed E-state index contributed by atoms with van der Waals surface area (Å²) >= 11 is 0. The van der Waals surface area contributed by atoms with Crippen LogP contribution in [0.1, 0.15) is 52.9 Å². The van der Waals surface area contributed by atoms with Crippen molar-refractivity contribution in [1.29, 1.82) is 0 Å². The zero-order chi connectivity index (χ0) is 17.0. The molecule has 2 heterocycles. The van der Waals surface area contributed by atoms with Crippen molar-refractivity contribution in [3.63, 3.8) is 0 Å². The highest BCUT2D eigenvalue weighted by Gasteiger charge is 2.32. The second kappa shape index (κ2) is 7.53. The highest BCUT2D eigenvalue weighted by molar-refractivity contribution is 4.98. The molecule has 1 aliphatic rings. The zero-order valence-corrected chi connectivity index (χ0v) is 15.4. The van der Waals surface area contributed by atoms with Crippen molar-refractivity contribution in [2.45, 2.75) is 52.6 Å². The summed E-state index contributed by atoms with van der Waals surface area (Å²) < 4.78 is 2.00. The van der Waals surface area contributed by atoms with Crippen LogP contribution in [0.25, 0.3) is 0 Å². The van der Waals surface area contributed by atoms with Crippen molar-refractivity contribution in [3.8, 4) is 0 Å². The molecule has 0 radical (unpaired) electrons. The van der Waals surface area contributed by atoms with Gasteiger partial charge in [-0.15, -0.1) is 11.7 Å². The standard InChI is InChI=1S/C17H32N6/c1-7-8-21-9-11-22(12-10-21)15(13-14(2)3)16-18-19-20-23(16)17(4,5)6/h7,14-15H,1,8-13H2,2-6H3. The van der Waals surface area contributed by atoms with Gasteiger partial charge in [0.15, 0.2) is 5.82 Å². The number of nitrogens with zero attached hydrogens (tertiary/aromatic N) is 6. The van der Waals surface area contributed by atoms with Crippen molar-refractivity contribution < 1.29 is 0 Å². The first kappa shape index (κ1) is 18.1. The molecule has 1 fully saturated rings. The van der Waals surface area contributed by atoms with Gasteiger partial charge in [0.05, 0.1) is 11.6 Å². The minimum absolute atomic E-state index is 0.0985. The summed E-state index contributed by atoms with van der Waals surface area (Å²) in [4.78, 5) is 5.00. The van der Waals surface area contributed by atoms with Crippen LogP contribution in [0, 0.1) is 5.92 Å². The van der Waals surface area contributed by atoms with Gasteiger partial charge in [0, 0.05) is 32.7 Å². The normalized spacial score (nSPS) is 19.2. The molecule has 1 unspecified atom stereocenters. The van der Waals surface area contributed by atoms with E-state index >= 15 is 0 Å². The minimum atomic E-state index is -0.0985. The number of piperazine rings is 1. The van der Waals surface area contributed by atoms with E-state index in [0.717, 1.165) is 45.0 Å². The third kappa shape index (κ3) is 4.61. The number of aromatic nitrogens is 4. The van der Waals surface area contributed by atoms with Gasteiger partial charge in [0.1, 0.15) is 0 Å². The summed E-state index contributed by atoms with van der Waals surface area (Å²) in [6.45, 7) is 20.1. The van der Waals surface area contributed by atoms with E-state index in [1.165, 1.54) is 0 Å². The SMILES string of the molecule is C=CCN1CCN(C(CC(C)C)c2nnnn2C(C)(C)C)CC1. The van der Waals surface area contributed by atoms with E-state index in [4.69, 9.17) is 0 Å². The predicted molar refractivity (Wildman–Crippen MR) is 93.2 cm³/mol. The average molecular weight is 320 g/mol. The quantitative estimate of drug-likeness (QED) is 0.753. The molecule has 2 rings (SSSR count). The molecule has 6 nitrogen and oxygen atoms in total. The number of hydrogen-bond donors (Lipinski definition) is 0. The third-order valence-corrected chi connectivity index (χ3v) is 4.36. The van der Waals surface area contributed by atoms with Crippen molar-refractivity contribution in [2.24, 2.45) is 5.92 Å². The Morgan fingerprint density at radius 1 is 1.17 bits per heavy atom. The molecule has 23 heavy (non-hydrogen) atoms. The Morgan fingerprint density at radius 3 is 2.35 bits per heavy atom. The summed E-state index contributed by atoms with van der Waals surface area (Å²) in [5.74, 6) is 1.61. The summed E-state index contributed by atoms with van der Waals surface area (Å²) in [6.07, 6.45) is 3.07. The summed E-state index contributed by atoms with van der Waals surface area (Å²) in [5, 5.41) is 12.6. The molecular formula is C17H32N6. The number of hydrogen-bond acceptors (Lipinski definition) is 5. The van der Waals surface area contributed by atoms with Crippen LogP contribution in [0.15, 0.2) is 12.7 Å². The largest absolute Gasteiger partial charge is 0.297 e. The van der Waals surface area contributed by atoms with Gasteiger partial charge < -0.3 is 0 Å². The Bertz CT molecular complexity index is 493. The second-order valence-electron chi connectivity index (χ2n) is 7.89. The highest BCUT2D eigenvalue weighted by atomic mass is 15.6. The molecule has 1 aromatic rings. The van der Waals surface area contributed by atoms with Gasteiger partial charge in [0.25, 0.3) is 0 Å². The molecule has 1 aliphatic heterocycles. The monoisotopic (exact) mass is 320 g/mol. The first-order valence-corrected chi connectivity index (χ1v) is 8.69. The Hall–Kier alpha value is -1.27. The van der Waals surface area contributed by atoms with Gasteiger partial charge in [-0.25, -0.2) is 4.68 Å². The van der Waals surface area contributed by atoms with E-state index in [0.29, 0.717) is 5.92 Å². The lowest BCUT2D eigenvalue weighted by Crippen LogP contribution is -2.48. The molecule has 130 valence electrons. The fourth-order valence-corrected chi connectivity index (χ4v) is 3.18. The molecule has 1 saturated heterocycles. The van der Waals surface area contributed by atoms with Gasteiger partial charge in [-0.3, -0.25) is 9.80 Å². The minimum Gasteiger partial charge on any atom is -0.297 e. The summed E-state index contributed by atoms with van der Waals surface area (Å²) in [5.41, 5.74) is -0.0985. The molecule has 0 aromatic carbocycles. The first-order valence-electron chi connectivity index (χ1n) is 8.69. The second-order valence-corrected chi connectivity index (χ2v) is 7.89. The van der Waals surface area contributed by atoms with Crippen molar-refractivity contribution in [1.82, 2.24) is 30.0 Å². The lowest BCUT2D eigenvalue weighted by Gasteiger charge is -2.39.